The van der Waals surface area contributed by atoms with Gasteiger partial charge >= 0.3 is 0 Å². The van der Waals surface area contributed by atoms with E-state index >= 15 is 0 Å². The van der Waals surface area contributed by atoms with Gasteiger partial charge in [0.15, 0.2) is 0 Å². The van der Waals surface area contributed by atoms with Gasteiger partial charge < -0.3 is 15.6 Å². The SMILES string of the molecule is COc1cc(O)cc2c1CCC[C@@H]2N. The van der Waals surface area contributed by atoms with Gasteiger partial charge in [-0.15, -0.1) is 0 Å². The summed E-state index contributed by atoms with van der Waals surface area (Å²) in [5, 5.41) is 9.48. The average Bonchev–Trinajstić information content (AvgIpc) is 2.18. The molecule has 3 heteroatoms. The Hall–Kier alpha value is -1.22. The van der Waals surface area contributed by atoms with Gasteiger partial charge in [-0.25, -0.2) is 0 Å². The van der Waals surface area contributed by atoms with Crippen molar-refractivity contribution in [2.45, 2.75) is 25.3 Å². The Morgan fingerprint density at radius 1 is 1.50 bits per heavy atom. The van der Waals surface area contributed by atoms with E-state index in [1.54, 1.807) is 19.2 Å². The van der Waals surface area contributed by atoms with Crippen molar-refractivity contribution in [3.8, 4) is 11.5 Å². The lowest BCUT2D eigenvalue weighted by atomic mass is 9.87. The summed E-state index contributed by atoms with van der Waals surface area (Å²) in [6.45, 7) is 0. The zero-order chi connectivity index (χ0) is 10.1. The van der Waals surface area contributed by atoms with E-state index in [-0.39, 0.29) is 11.8 Å². The molecular weight excluding hydrogens is 178 g/mol. The van der Waals surface area contributed by atoms with Crippen molar-refractivity contribution in [2.24, 2.45) is 5.73 Å². The molecule has 0 heterocycles. The molecule has 1 aliphatic carbocycles. The highest BCUT2D eigenvalue weighted by molar-refractivity contribution is 5.48. The van der Waals surface area contributed by atoms with Crippen molar-refractivity contribution in [1.29, 1.82) is 0 Å². The average molecular weight is 193 g/mol. The van der Waals surface area contributed by atoms with E-state index < -0.39 is 0 Å². The summed E-state index contributed by atoms with van der Waals surface area (Å²) in [7, 11) is 1.62. The molecule has 3 N–H and O–H groups in total. The normalized spacial score (nSPS) is 20.3. The summed E-state index contributed by atoms with van der Waals surface area (Å²) in [5.41, 5.74) is 8.16. The molecule has 1 atom stereocenters. The Balaban J connectivity index is 2.54. The molecule has 0 bridgehead atoms. The highest BCUT2D eigenvalue weighted by Gasteiger charge is 2.20. The maximum absolute atomic E-state index is 9.48. The predicted octanol–water partition coefficient (Wildman–Crippen LogP) is 1.74. The molecule has 1 aliphatic rings. The number of aromatic hydroxyl groups is 1. The second-order valence-electron chi connectivity index (χ2n) is 3.71. The van der Waals surface area contributed by atoms with Crippen LogP contribution in [0.15, 0.2) is 12.1 Å². The zero-order valence-corrected chi connectivity index (χ0v) is 8.29. The first kappa shape index (κ1) is 9.34. The number of fused-ring (bicyclic) bond motifs is 1. The number of rotatable bonds is 1. The molecule has 1 aromatic carbocycles. The lowest BCUT2D eigenvalue weighted by Gasteiger charge is -2.24. The van der Waals surface area contributed by atoms with Crippen LogP contribution in [0.4, 0.5) is 0 Å². The van der Waals surface area contributed by atoms with Gasteiger partial charge in [0, 0.05) is 12.1 Å². The van der Waals surface area contributed by atoms with Crippen LogP contribution in [0.3, 0.4) is 0 Å². The Morgan fingerprint density at radius 2 is 2.29 bits per heavy atom. The standard InChI is InChI=1S/C11H15NO2/c1-14-11-6-7(13)5-9-8(11)3-2-4-10(9)12/h5-6,10,13H,2-4,12H2,1H3/t10-/m0/s1. The van der Waals surface area contributed by atoms with Crippen LogP contribution in [0, 0.1) is 0 Å². The van der Waals surface area contributed by atoms with Crippen LogP contribution in [0.5, 0.6) is 11.5 Å². The molecule has 2 rings (SSSR count). The molecule has 0 aromatic heterocycles. The van der Waals surface area contributed by atoms with Crippen molar-refractivity contribution in [2.75, 3.05) is 7.11 Å². The van der Waals surface area contributed by atoms with Gasteiger partial charge in [-0.1, -0.05) is 0 Å². The molecule has 0 saturated heterocycles. The largest absolute Gasteiger partial charge is 0.508 e. The number of phenols is 1. The molecule has 0 fully saturated rings. The van der Waals surface area contributed by atoms with Crippen molar-refractivity contribution in [1.82, 2.24) is 0 Å². The second kappa shape index (κ2) is 3.50. The third-order valence-corrected chi connectivity index (χ3v) is 2.79. The monoisotopic (exact) mass is 193 g/mol. The minimum Gasteiger partial charge on any atom is -0.508 e. The summed E-state index contributed by atoms with van der Waals surface area (Å²) in [5.74, 6) is 0.994. The Bertz CT molecular complexity index is 349. The molecule has 0 aliphatic heterocycles. The zero-order valence-electron chi connectivity index (χ0n) is 8.29. The molecule has 0 saturated carbocycles. The van der Waals surface area contributed by atoms with Crippen LogP contribution in [-0.4, -0.2) is 12.2 Å². The maximum atomic E-state index is 9.48. The third kappa shape index (κ3) is 1.44. The highest BCUT2D eigenvalue weighted by Crippen LogP contribution is 2.37. The molecule has 3 nitrogen and oxygen atoms in total. The molecule has 0 radical (unpaired) electrons. The smallest absolute Gasteiger partial charge is 0.126 e. The number of nitrogens with two attached hydrogens (primary N) is 1. The Morgan fingerprint density at radius 3 is 3.00 bits per heavy atom. The van der Waals surface area contributed by atoms with Gasteiger partial charge in [0.25, 0.3) is 0 Å². The topological polar surface area (TPSA) is 55.5 Å². The summed E-state index contributed by atoms with van der Waals surface area (Å²) < 4.78 is 5.23. The highest BCUT2D eigenvalue weighted by atomic mass is 16.5. The first-order chi connectivity index (χ1) is 6.72. The predicted molar refractivity (Wildman–Crippen MR) is 54.5 cm³/mol. The fourth-order valence-electron chi connectivity index (χ4n) is 2.09. The van der Waals surface area contributed by atoms with E-state index in [2.05, 4.69) is 0 Å². The second-order valence-corrected chi connectivity index (χ2v) is 3.71. The van der Waals surface area contributed by atoms with Crippen LogP contribution >= 0.6 is 0 Å². The van der Waals surface area contributed by atoms with E-state index in [0.29, 0.717) is 0 Å². The van der Waals surface area contributed by atoms with Gasteiger partial charge in [0.2, 0.25) is 0 Å². The van der Waals surface area contributed by atoms with Crippen molar-refractivity contribution < 1.29 is 9.84 Å². The van der Waals surface area contributed by atoms with Crippen LogP contribution in [0.25, 0.3) is 0 Å². The minimum atomic E-state index is 0.0414. The molecular formula is C11H15NO2. The fraction of sp³-hybridized carbons (Fsp3) is 0.455. The van der Waals surface area contributed by atoms with E-state index in [1.165, 1.54) is 0 Å². The van der Waals surface area contributed by atoms with Crippen LogP contribution in [0.2, 0.25) is 0 Å². The number of methoxy groups -OCH3 is 1. The van der Waals surface area contributed by atoms with Crippen LogP contribution < -0.4 is 10.5 Å². The van der Waals surface area contributed by atoms with Crippen molar-refractivity contribution in [3.05, 3.63) is 23.3 Å². The van der Waals surface area contributed by atoms with Gasteiger partial charge in [0.05, 0.1) is 7.11 Å². The summed E-state index contributed by atoms with van der Waals surface area (Å²) >= 11 is 0. The van der Waals surface area contributed by atoms with Crippen molar-refractivity contribution >= 4 is 0 Å². The number of ether oxygens (including phenoxy) is 1. The van der Waals surface area contributed by atoms with Gasteiger partial charge in [-0.05, 0) is 36.5 Å². The van der Waals surface area contributed by atoms with Crippen LogP contribution in [-0.2, 0) is 6.42 Å². The number of hydrogen-bond acceptors (Lipinski definition) is 3. The third-order valence-electron chi connectivity index (χ3n) is 2.79. The molecule has 14 heavy (non-hydrogen) atoms. The first-order valence-electron chi connectivity index (χ1n) is 4.87. The molecule has 76 valence electrons. The number of benzene rings is 1. The van der Waals surface area contributed by atoms with E-state index in [9.17, 15) is 5.11 Å². The van der Waals surface area contributed by atoms with Gasteiger partial charge in [-0.2, -0.15) is 0 Å². The summed E-state index contributed by atoms with van der Waals surface area (Å²) in [6.07, 6.45) is 3.07. The summed E-state index contributed by atoms with van der Waals surface area (Å²) in [4.78, 5) is 0. The molecule has 1 aromatic rings. The van der Waals surface area contributed by atoms with Gasteiger partial charge in [-0.3, -0.25) is 0 Å². The number of hydrogen-bond donors (Lipinski definition) is 2. The quantitative estimate of drug-likeness (QED) is 0.714. The van der Waals surface area contributed by atoms with E-state index in [4.69, 9.17) is 10.5 Å². The maximum Gasteiger partial charge on any atom is 0.126 e. The Labute approximate surface area is 83.5 Å². The minimum absolute atomic E-state index is 0.0414. The molecule has 0 amide bonds. The lowest BCUT2D eigenvalue weighted by molar-refractivity contribution is 0.395. The van der Waals surface area contributed by atoms with E-state index in [0.717, 1.165) is 36.1 Å². The Kier molecular flexibility index (Phi) is 2.33. The van der Waals surface area contributed by atoms with Crippen LogP contribution in [0.1, 0.15) is 30.0 Å². The van der Waals surface area contributed by atoms with E-state index in [1.807, 2.05) is 0 Å². The molecule has 0 spiro atoms. The summed E-state index contributed by atoms with van der Waals surface area (Å²) in [6, 6.07) is 3.44. The van der Waals surface area contributed by atoms with Crippen molar-refractivity contribution in [3.63, 3.8) is 0 Å². The molecule has 0 unspecified atom stereocenters. The number of phenolic OH excluding ortho intramolecular Hbond substituents is 1. The van der Waals surface area contributed by atoms with Gasteiger partial charge in [0.1, 0.15) is 11.5 Å². The first-order valence-corrected chi connectivity index (χ1v) is 4.87. The fourth-order valence-corrected chi connectivity index (χ4v) is 2.09. The lowest BCUT2D eigenvalue weighted by Crippen LogP contribution is -2.17.